The maximum Gasteiger partial charge on any atom is 0.338 e. The monoisotopic (exact) mass is 465 g/mol. The van der Waals surface area contributed by atoms with Crippen LogP contribution in [0.2, 0.25) is 5.02 Å². The molecule has 0 amide bonds. The Balaban J connectivity index is 1.69. The Morgan fingerprint density at radius 2 is 1.65 bits per heavy atom. The molecule has 0 spiro atoms. The van der Waals surface area contributed by atoms with E-state index in [-0.39, 0.29) is 21.3 Å². The highest BCUT2D eigenvalue weighted by Crippen LogP contribution is 2.28. The Kier molecular flexibility index (Phi) is 7.69. The molecule has 2 aromatic rings. The fourth-order valence-electron chi connectivity index (χ4n) is 3.27. The van der Waals surface area contributed by atoms with Gasteiger partial charge >= 0.3 is 5.97 Å². The second kappa shape index (κ2) is 10.3. The van der Waals surface area contributed by atoms with E-state index in [2.05, 4.69) is 0 Å². The number of sulfonamides is 1. The third-order valence-corrected chi connectivity index (χ3v) is 7.30. The molecular weight excluding hydrogens is 442 g/mol. The molecule has 0 aliphatic carbocycles. The highest BCUT2D eigenvalue weighted by atomic mass is 35.5. The van der Waals surface area contributed by atoms with Crippen molar-refractivity contribution in [2.75, 3.05) is 26.3 Å². The largest absolute Gasteiger partial charge is 0.494 e. The molecule has 166 valence electrons. The number of hydrogen-bond donors (Lipinski definition) is 0. The fraction of sp³-hybridized carbons (Fsp3) is 0.364. The molecule has 0 saturated carbocycles. The number of carbonyl (C=O) groups is 2. The van der Waals surface area contributed by atoms with E-state index in [4.69, 9.17) is 21.1 Å². The number of Topliss-reactive ketones (excluding diaryl/α,β-unsaturated/α-hetero) is 1. The molecule has 1 fully saturated rings. The summed E-state index contributed by atoms with van der Waals surface area (Å²) >= 11 is 6.13. The van der Waals surface area contributed by atoms with Crippen LogP contribution in [0.25, 0.3) is 0 Å². The SMILES string of the molecule is CCOc1ccc(C(=O)COC(=O)c2ccc(Cl)c(S(=O)(=O)N3CCCCC3)c2)cc1. The van der Waals surface area contributed by atoms with Gasteiger partial charge in [-0.15, -0.1) is 0 Å². The van der Waals surface area contributed by atoms with Crippen molar-refractivity contribution in [2.45, 2.75) is 31.1 Å². The molecule has 2 aromatic carbocycles. The number of rotatable bonds is 8. The normalized spacial score (nSPS) is 14.8. The van der Waals surface area contributed by atoms with Crippen molar-refractivity contribution in [3.63, 3.8) is 0 Å². The van der Waals surface area contributed by atoms with Crippen molar-refractivity contribution in [3.05, 3.63) is 58.6 Å². The highest BCUT2D eigenvalue weighted by Gasteiger charge is 2.29. The predicted molar refractivity (Wildman–Crippen MR) is 116 cm³/mol. The smallest absolute Gasteiger partial charge is 0.338 e. The van der Waals surface area contributed by atoms with Crippen LogP contribution in [0.15, 0.2) is 47.4 Å². The van der Waals surface area contributed by atoms with Crippen LogP contribution < -0.4 is 4.74 Å². The molecule has 1 aliphatic rings. The molecule has 0 atom stereocenters. The Bertz CT molecular complexity index is 1050. The maximum atomic E-state index is 12.9. The molecule has 1 heterocycles. The Labute approximate surface area is 187 Å². The summed E-state index contributed by atoms with van der Waals surface area (Å²) in [4.78, 5) is 24.6. The summed E-state index contributed by atoms with van der Waals surface area (Å²) in [5, 5.41) is 0.0348. The van der Waals surface area contributed by atoms with Crippen molar-refractivity contribution < 1.29 is 27.5 Å². The molecule has 3 rings (SSSR count). The number of esters is 1. The molecule has 0 N–H and O–H groups in total. The minimum absolute atomic E-state index is 0.0134. The van der Waals surface area contributed by atoms with Crippen LogP contribution in [0, 0.1) is 0 Å². The first kappa shape index (κ1) is 23.2. The number of piperidine rings is 1. The maximum absolute atomic E-state index is 12.9. The zero-order chi connectivity index (χ0) is 22.4. The van der Waals surface area contributed by atoms with E-state index in [1.54, 1.807) is 24.3 Å². The van der Waals surface area contributed by atoms with E-state index in [0.717, 1.165) is 19.3 Å². The Hall–Kier alpha value is -2.42. The quantitative estimate of drug-likeness (QED) is 0.433. The van der Waals surface area contributed by atoms with Gasteiger partial charge in [0, 0.05) is 18.7 Å². The molecule has 1 saturated heterocycles. The average molecular weight is 466 g/mol. The van der Waals surface area contributed by atoms with E-state index in [0.29, 0.717) is 31.0 Å². The number of nitrogens with zero attached hydrogens (tertiary/aromatic N) is 1. The number of ketones is 1. The van der Waals surface area contributed by atoms with E-state index in [9.17, 15) is 18.0 Å². The summed E-state index contributed by atoms with van der Waals surface area (Å²) in [5.41, 5.74) is 0.389. The average Bonchev–Trinajstić information content (AvgIpc) is 2.78. The van der Waals surface area contributed by atoms with Gasteiger partial charge in [-0.3, -0.25) is 4.79 Å². The summed E-state index contributed by atoms with van der Waals surface area (Å²) in [6, 6.07) is 10.4. The highest BCUT2D eigenvalue weighted by molar-refractivity contribution is 7.89. The Morgan fingerprint density at radius 3 is 2.29 bits per heavy atom. The van der Waals surface area contributed by atoms with Gasteiger partial charge in [0.1, 0.15) is 10.6 Å². The summed E-state index contributed by atoms with van der Waals surface area (Å²) in [5.74, 6) is -0.544. The van der Waals surface area contributed by atoms with Crippen molar-refractivity contribution >= 4 is 33.4 Å². The molecule has 1 aliphatic heterocycles. The molecule has 0 radical (unpaired) electrons. The van der Waals surface area contributed by atoms with Gasteiger partial charge in [-0.25, -0.2) is 13.2 Å². The van der Waals surface area contributed by atoms with Crippen LogP contribution in [0.1, 0.15) is 46.9 Å². The zero-order valence-corrected chi connectivity index (χ0v) is 18.7. The molecule has 31 heavy (non-hydrogen) atoms. The van der Waals surface area contributed by atoms with Crippen LogP contribution in [-0.2, 0) is 14.8 Å². The zero-order valence-electron chi connectivity index (χ0n) is 17.2. The van der Waals surface area contributed by atoms with E-state index >= 15 is 0 Å². The van der Waals surface area contributed by atoms with Gasteiger partial charge in [0.15, 0.2) is 12.4 Å². The van der Waals surface area contributed by atoms with Gasteiger partial charge in [-0.1, -0.05) is 18.0 Å². The van der Waals surface area contributed by atoms with Gasteiger partial charge in [0.2, 0.25) is 10.0 Å². The lowest BCUT2D eigenvalue weighted by atomic mass is 10.1. The van der Waals surface area contributed by atoms with Crippen LogP contribution in [0.5, 0.6) is 5.75 Å². The summed E-state index contributed by atoms with van der Waals surface area (Å²) in [6.07, 6.45) is 2.55. The van der Waals surface area contributed by atoms with Crippen LogP contribution >= 0.6 is 11.6 Å². The molecule has 0 aromatic heterocycles. The number of hydrogen-bond acceptors (Lipinski definition) is 6. The molecular formula is C22H24ClNO6S. The number of benzene rings is 2. The second-order valence-corrected chi connectivity index (χ2v) is 9.38. The van der Waals surface area contributed by atoms with Crippen LogP contribution in [0.4, 0.5) is 0 Å². The van der Waals surface area contributed by atoms with Gasteiger partial charge in [-0.05, 0) is 62.2 Å². The standard InChI is InChI=1S/C22H24ClNO6S/c1-2-29-18-9-6-16(7-10-18)20(25)15-30-22(26)17-8-11-19(23)21(14-17)31(27,28)24-12-4-3-5-13-24/h6-11,14H,2-5,12-13,15H2,1H3. The first-order valence-electron chi connectivity index (χ1n) is 10.1. The lowest BCUT2D eigenvalue weighted by molar-refractivity contribution is 0.0474. The number of ether oxygens (including phenoxy) is 2. The summed E-state index contributed by atoms with van der Waals surface area (Å²) in [7, 11) is -3.82. The van der Waals surface area contributed by atoms with Crippen molar-refractivity contribution in [1.82, 2.24) is 4.31 Å². The van der Waals surface area contributed by atoms with E-state index < -0.39 is 22.6 Å². The third kappa shape index (κ3) is 5.64. The first-order chi connectivity index (χ1) is 14.8. The Morgan fingerprint density at radius 1 is 1.00 bits per heavy atom. The number of halogens is 1. The minimum atomic E-state index is -3.82. The molecule has 0 unspecified atom stereocenters. The molecule has 7 nitrogen and oxygen atoms in total. The lowest BCUT2D eigenvalue weighted by Crippen LogP contribution is -2.35. The third-order valence-electron chi connectivity index (χ3n) is 4.92. The van der Waals surface area contributed by atoms with Crippen molar-refractivity contribution in [3.8, 4) is 5.75 Å². The molecule has 0 bridgehead atoms. The topological polar surface area (TPSA) is 90.0 Å². The summed E-state index contributed by atoms with van der Waals surface area (Å²) < 4.78 is 37.7. The van der Waals surface area contributed by atoms with Gasteiger partial charge in [0.05, 0.1) is 17.2 Å². The fourth-order valence-corrected chi connectivity index (χ4v) is 5.29. The number of carbonyl (C=O) groups excluding carboxylic acids is 2. The summed E-state index contributed by atoms with van der Waals surface area (Å²) in [6.45, 7) is 2.75. The lowest BCUT2D eigenvalue weighted by Gasteiger charge is -2.26. The van der Waals surface area contributed by atoms with Gasteiger partial charge in [0.25, 0.3) is 0 Å². The van der Waals surface area contributed by atoms with Gasteiger partial charge in [-0.2, -0.15) is 4.31 Å². The van der Waals surface area contributed by atoms with E-state index in [1.807, 2.05) is 6.92 Å². The predicted octanol–water partition coefficient (Wildman–Crippen LogP) is 3.95. The van der Waals surface area contributed by atoms with Gasteiger partial charge < -0.3 is 9.47 Å². The van der Waals surface area contributed by atoms with E-state index in [1.165, 1.54) is 22.5 Å². The van der Waals surface area contributed by atoms with Crippen LogP contribution in [-0.4, -0.2) is 50.8 Å². The molecule has 9 heteroatoms. The second-order valence-electron chi connectivity index (χ2n) is 7.07. The van der Waals surface area contributed by atoms with Crippen molar-refractivity contribution in [2.24, 2.45) is 0 Å². The minimum Gasteiger partial charge on any atom is -0.494 e. The van der Waals surface area contributed by atoms with Crippen LogP contribution in [0.3, 0.4) is 0 Å². The van der Waals surface area contributed by atoms with Crippen molar-refractivity contribution in [1.29, 1.82) is 0 Å². The first-order valence-corrected chi connectivity index (χ1v) is 11.9.